The van der Waals surface area contributed by atoms with E-state index < -0.39 is 0 Å². The Balaban J connectivity index is 1.69. The van der Waals surface area contributed by atoms with E-state index in [-0.39, 0.29) is 0 Å². The van der Waals surface area contributed by atoms with Crippen molar-refractivity contribution in [2.45, 2.75) is 50.5 Å². The molecule has 2 aliphatic carbocycles. The summed E-state index contributed by atoms with van der Waals surface area (Å²) in [4.78, 5) is 0. The first-order chi connectivity index (χ1) is 8.38. The second-order valence-electron chi connectivity index (χ2n) is 5.76. The van der Waals surface area contributed by atoms with Gasteiger partial charge in [0.15, 0.2) is 0 Å². The minimum atomic E-state index is 0.694. The standard InChI is InChI=1S/C16H23N/c1-17-16(11-8-12-6-7-12)15-10-9-13-4-2-3-5-14(13)15/h2-5,12,15-17H,6-11H2,1H3. The molecular weight excluding hydrogens is 206 g/mol. The molecule has 0 bridgehead atoms. The van der Waals surface area contributed by atoms with Crippen molar-refractivity contribution in [3.8, 4) is 0 Å². The Morgan fingerprint density at radius 2 is 2.06 bits per heavy atom. The maximum Gasteiger partial charge on any atom is 0.0133 e. The number of likely N-dealkylation sites (N-methyl/N-ethyl adjacent to an activating group) is 1. The number of aryl methyl sites for hydroxylation is 1. The highest BCUT2D eigenvalue weighted by Gasteiger charge is 2.30. The van der Waals surface area contributed by atoms with Crippen LogP contribution >= 0.6 is 0 Å². The van der Waals surface area contributed by atoms with Crippen molar-refractivity contribution in [3.05, 3.63) is 35.4 Å². The van der Waals surface area contributed by atoms with Gasteiger partial charge in [-0.25, -0.2) is 0 Å². The van der Waals surface area contributed by atoms with Crippen LogP contribution in [0.25, 0.3) is 0 Å². The monoisotopic (exact) mass is 229 g/mol. The van der Waals surface area contributed by atoms with Gasteiger partial charge in [-0.1, -0.05) is 37.1 Å². The van der Waals surface area contributed by atoms with E-state index >= 15 is 0 Å². The number of hydrogen-bond donors (Lipinski definition) is 1. The average molecular weight is 229 g/mol. The Hall–Kier alpha value is -0.820. The van der Waals surface area contributed by atoms with Gasteiger partial charge in [0.1, 0.15) is 0 Å². The SMILES string of the molecule is CNC(CCC1CC1)C1CCc2ccccc21. The second kappa shape index (κ2) is 4.81. The minimum absolute atomic E-state index is 0.694. The van der Waals surface area contributed by atoms with Gasteiger partial charge < -0.3 is 5.32 Å². The molecule has 0 heterocycles. The molecule has 0 saturated heterocycles. The molecule has 1 aromatic carbocycles. The van der Waals surface area contributed by atoms with Crippen LogP contribution in [0.2, 0.25) is 0 Å². The molecule has 0 amide bonds. The average Bonchev–Trinajstić information content (AvgIpc) is 3.10. The summed E-state index contributed by atoms with van der Waals surface area (Å²) in [7, 11) is 2.14. The zero-order valence-corrected chi connectivity index (χ0v) is 10.8. The first-order valence-electron chi connectivity index (χ1n) is 7.13. The van der Waals surface area contributed by atoms with Crippen molar-refractivity contribution in [1.29, 1.82) is 0 Å². The normalized spacial score (nSPS) is 24.6. The van der Waals surface area contributed by atoms with Crippen LogP contribution in [0.4, 0.5) is 0 Å². The van der Waals surface area contributed by atoms with E-state index in [9.17, 15) is 0 Å². The minimum Gasteiger partial charge on any atom is -0.316 e. The molecule has 0 spiro atoms. The molecule has 0 aromatic heterocycles. The molecule has 1 nitrogen and oxygen atoms in total. The van der Waals surface area contributed by atoms with Gasteiger partial charge in [-0.05, 0) is 55.7 Å². The molecule has 0 aliphatic heterocycles. The summed E-state index contributed by atoms with van der Waals surface area (Å²) >= 11 is 0. The van der Waals surface area contributed by atoms with Gasteiger partial charge in [-0.2, -0.15) is 0 Å². The van der Waals surface area contributed by atoms with Crippen molar-refractivity contribution in [1.82, 2.24) is 5.32 Å². The predicted molar refractivity (Wildman–Crippen MR) is 72.3 cm³/mol. The molecule has 2 atom stereocenters. The molecule has 1 aromatic rings. The Morgan fingerprint density at radius 3 is 2.82 bits per heavy atom. The maximum absolute atomic E-state index is 3.57. The highest BCUT2D eigenvalue weighted by atomic mass is 14.9. The van der Waals surface area contributed by atoms with Gasteiger partial charge in [0, 0.05) is 6.04 Å². The Kier molecular flexibility index (Phi) is 3.19. The predicted octanol–water partition coefficient (Wildman–Crippen LogP) is 3.49. The molecule has 1 fully saturated rings. The summed E-state index contributed by atoms with van der Waals surface area (Å²) in [5.74, 6) is 1.82. The molecule has 0 radical (unpaired) electrons. The van der Waals surface area contributed by atoms with E-state index in [1.165, 1.54) is 38.5 Å². The lowest BCUT2D eigenvalue weighted by Gasteiger charge is -2.24. The van der Waals surface area contributed by atoms with Crippen LogP contribution in [0.1, 0.15) is 49.1 Å². The zero-order chi connectivity index (χ0) is 11.7. The number of nitrogens with one attached hydrogen (secondary N) is 1. The van der Waals surface area contributed by atoms with Crippen LogP contribution in [0.3, 0.4) is 0 Å². The summed E-state index contributed by atoms with van der Waals surface area (Å²) in [6.45, 7) is 0. The fourth-order valence-electron chi connectivity index (χ4n) is 3.38. The van der Waals surface area contributed by atoms with Crippen molar-refractivity contribution in [2.75, 3.05) is 7.05 Å². The van der Waals surface area contributed by atoms with Crippen LogP contribution in [0.15, 0.2) is 24.3 Å². The lowest BCUT2D eigenvalue weighted by Crippen LogP contribution is -2.31. The number of rotatable bonds is 5. The third-order valence-corrected chi connectivity index (χ3v) is 4.62. The van der Waals surface area contributed by atoms with Gasteiger partial charge in [-0.15, -0.1) is 0 Å². The fourth-order valence-corrected chi connectivity index (χ4v) is 3.38. The van der Waals surface area contributed by atoms with E-state index in [4.69, 9.17) is 0 Å². The summed E-state index contributed by atoms with van der Waals surface area (Å²) in [6.07, 6.45) is 8.39. The number of fused-ring (bicyclic) bond motifs is 1. The van der Waals surface area contributed by atoms with Gasteiger partial charge in [0.2, 0.25) is 0 Å². The fraction of sp³-hybridized carbons (Fsp3) is 0.625. The third kappa shape index (κ3) is 2.40. The van der Waals surface area contributed by atoms with Crippen LogP contribution in [-0.2, 0) is 6.42 Å². The summed E-state index contributed by atoms with van der Waals surface area (Å²) in [6, 6.07) is 9.72. The van der Waals surface area contributed by atoms with E-state index in [0.29, 0.717) is 6.04 Å². The number of hydrogen-bond acceptors (Lipinski definition) is 1. The lowest BCUT2D eigenvalue weighted by molar-refractivity contribution is 0.413. The van der Waals surface area contributed by atoms with Gasteiger partial charge in [-0.3, -0.25) is 0 Å². The lowest BCUT2D eigenvalue weighted by atomic mass is 9.89. The Bertz CT molecular complexity index is 381. The largest absolute Gasteiger partial charge is 0.316 e. The van der Waals surface area contributed by atoms with Crippen molar-refractivity contribution >= 4 is 0 Å². The summed E-state index contributed by atoms with van der Waals surface area (Å²) < 4.78 is 0. The Labute approximate surface area is 105 Å². The zero-order valence-electron chi connectivity index (χ0n) is 10.8. The summed E-state index contributed by atoms with van der Waals surface area (Å²) in [5.41, 5.74) is 3.20. The van der Waals surface area contributed by atoms with Crippen molar-refractivity contribution < 1.29 is 0 Å². The summed E-state index contributed by atoms with van der Waals surface area (Å²) in [5, 5.41) is 3.57. The van der Waals surface area contributed by atoms with Gasteiger partial charge in [0.25, 0.3) is 0 Å². The van der Waals surface area contributed by atoms with Crippen LogP contribution in [0.5, 0.6) is 0 Å². The molecular formula is C16H23N. The van der Waals surface area contributed by atoms with E-state index in [1.54, 1.807) is 11.1 Å². The maximum atomic E-state index is 3.57. The van der Waals surface area contributed by atoms with Crippen LogP contribution < -0.4 is 5.32 Å². The highest BCUT2D eigenvalue weighted by molar-refractivity contribution is 5.36. The molecule has 1 saturated carbocycles. The second-order valence-corrected chi connectivity index (χ2v) is 5.76. The molecule has 2 unspecified atom stereocenters. The van der Waals surface area contributed by atoms with E-state index in [0.717, 1.165) is 11.8 Å². The third-order valence-electron chi connectivity index (χ3n) is 4.62. The van der Waals surface area contributed by atoms with Gasteiger partial charge >= 0.3 is 0 Å². The molecule has 17 heavy (non-hydrogen) atoms. The first kappa shape index (κ1) is 11.3. The van der Waals surface area contributed by atoms with Crippen LogP contribution in [-0.4, -0.2) is 13.1 Å². The molecule has 92 valence electrons. The quantitative estimate of drug-likeness (QED) is 0.815. The molecule has 1 heteroatoms. The molecule has 3 rings (SSSR count). The van der Waals surface area contributed by atoms with Crippen molar-refractivity contribution in [3.63, 3.8) is 0 Å². The van der Waals surface area contributed by atoms with Gasteiger partial charge in [0.05, 0.1) is 0 Å². The first-order valence-corrected chi connectivity index (χ1v) is 7.13. The topological polar surface area (TPSA) is 12.0 Å². The van der Waals surface area contributed by atoms with Crippen LogP contribution in [0, 0.1) is 5.92 Å². The Morgan fingerprint density at radius 1 is 1.24 bits per heavy atom. The van der Waals surface area contributed by atoms with E-state index in [2.05, 4.69) is 36.6 Å². The number of benzene rings is 1. The molecule has 2 aliphatic rings. The molecule has 1 N–H and O–H groups in total. The smallest absolute Gasteiger partial charge is 0.0133 e. The van der Waals surface area contributed by atoms with E-state index in [1.807, 2.05) is 0 Å². The highest BCUT2D eigenvalue weighted by Crippen LogP contribution is 2.39. The van der Waals surface area contributed by atoms with Crippen molar-refractivity contribution in [2.24, 2.45) is 5.92 Å².